The number of hydrogen-bond acceptors (Lipinski definition) is 2. The molecule has 0 heterocycles. The summed E-state index contributed by atoms with van der Waals surface area (Å²) in [5.74, 6) is 0. The maximum absolute atomic E-state index is 12.2. The van der Waals surface area contributed by atoms with Crippen LogP contribution in [-0.4, -0.2) is 37.3 Å². The molecule has 1 atom stereocenters. The molecule has 1 unspecified atom stereocenters. The third kappa shape index (κ3) is 3.40. The number of nitrogens with two attached hydrogens (primary N) is 1. The highest BCUT2D eigenvalue weighted by atomic mass is 19.4. The predicted octanol–water partition coefficient (Wildman–Crippen LogP) is 1.22. The summed E-state index contributed by atoms with van der Waals surface area (Å²) < 4.78 is 36.5. The van der Waals surface area contributed by atoms with Gasteiger partial charge in [-0.2, -0.15) is 13.2 Å². The predicted molar refractivity (Wildman–Crippen MR) is 41.8 cm³/mol. The van der Waals surface area contributed by atoms with E-state index < -0.39 is 12.2 Å². The highest BCUT2D eigenvalue weighted by Crippen LogP contribution is 2.23. The van der Waals surface area contributed by atoms with Crippen molar-refractivity contribution in [3.63, 3.8) is 0 Å². The first-order chi connectivity index (χ1) is 5.43. The van der Waals surface area contributed by atoms with Gasteiger partial charge in [0, 0.05) is 6.54 Å². The number of rotatable bonds is 4. The second kappa shape index (κ2) is 4.67. The van der Waals surface area contributed by atoms with Crippen molar-refractivity contribution in [1.29, 1.82) is 0 Å². The van der Waals surface area contributed by atoms with Crippen LogP contribution >= 0.6 is 0 Å². The third-order valence-corrected chi connectivity index (χ3v) is 1.71. The van der Waals surface area contributed by atoms with Gasteiger partial charge in [0.1, 0.15) is 6.04 Å². The van der Waals surface area contributed by atoms with E-state index in [2.05, 4.69) is 0 Å². The third-order valence-electron chi connectivity index (χ3n) is 1.71. The van der Waals surface area contributed by atoms with Crippen molar-refractivity contribution in [2.75, 3.05) is 20.1 Å². The fraction of sp³-hybridized carbons (Fsp3) is 1.00. The van der Waals surface area contributed by atoms with Gasteiger partial charge < -0.3 is 5.73 Å². The summed E-state index contributed by atoms with van der Waals surface area (Å²) in [4.78, 5) is 1.24. The Kier molecular flexibility index (Phi) is 4.55. The quantitative estimate of drug-likeness (QED) is 0.711. The monoisotopic (exact) mass is 184 g/mol. The van der Waals surface area contributed by atoms with E-state index in [1.807, 2.05) is 6.92 Å². The molecule has 0 saturated heterocycles. The Morgan fingerprint density at radius 2 is 1.92 bits per heavy atom. The van der Waals surface area contributed by atoms with Crippen molar-refractivity contribution in [3.05, 3.63) is 0 Å². The van der Waals surface area contributed by atoms with Crippen molar-refractivity contribution in [2.45, 2.75) is 25.6 Å². The van der Waals surface area contributed by atoms with E-state index in [1.54, 1.807) is 0 Å². The van der Waals surface area contributed by atoms with Gasteiger partial charge >= 0.3 is 6.18 Å². The molecule has 0 spiro atoms. The Labute approximate surface area is 70.5 Å². The summed E-state index contributed by atoms with van der Waals surface area (Å²) >= 11 is 0. The molecule has 0 aliphatic carbocycles. The van der Waals surface area contributed by atoms with Crippen LogP contribution in [0.15, 0.2) is 0 Å². The zero-order chi connectivity index (χ0) is 9.78. The van der Waals surface area contributed by atoms with Gasteiger partial charge in [0.15, 0.2) is 0 Å². The fourth-order valence-electron chi connectivity index (χ4n) is 1.07. The Morgan fingerprint density at radius 3 is 2.17 bits per heavy atom. The van der Waals surface area contributed by atoms with Crippen molar-refractivity contribution in [2.24, 2.45) is 5.73 Å². The molecule has 0 aromatic carbocycles. The van der Waals surface area contributed by atoms with Gasteiger partial charge in [-0.3, -0.25) is 4.90 Å². The van der Waals surface area contributed by atoms with Crippen molar-refractivity contribution < 1.29 is 13.2 Å². The minimum absolute atomic E-state index is 0.375. The molecular formula is C7H15F3N2. The highest BCUT2D eigenvalue weighted by Gasteiger charge is 2.40. The summed E-state index contributed by atoms with van der Waals surface area (Å²) in [6, 6.07) is -1.50. The van der Waals surface area contributed by atoms with Crippen LogP contribution in [0.25, 0.3) is 0 Å². The molecule has 74 valence electrons. The highest BCUT2D eigenvalue weighted by molar-refractivity contribution is 4.76. The molecule has 2 N–H and O–H groups in total. The van der Waals surface area contributed by atoms with Gasteiger partial charge in [-0.25, -0.2) is 0 Å². The van der Waals surface area contributed by atoms with Crippen molar-refractivity contribution in [3.8, 4) is 0 Å². The molecule has 0 amide bonds. The van der Waals surface area contributed by atoms with E-state index in [9.17, 15) is 13.2 Å². The van der Waals surface area contributed by atoms with Gasteiger partial charge in [-0.15, -0.1) is 0 Å². The van der Waals surface area contributed by atoms with Crippen LogP contribution in [0, 0.1) is 0 Å². The lowest BCUT2D eigenvalue weighted by molar-refractivity contribution is -0.177. The first-order valence-corrected chi connectivity index (χ1v) is 3.90. The van der Waals surface area contributed by atoms with Crippen LogP contribution in [0.3, 0.4) is 0 Å². The van der Waals surface area contributed by atoms with E-state index >= 15 is 0 Å². The van der Waals surface area contributed by atoms with Crippen LogP contribution in [-0.2, 0) is 0 Å². The number of hydrogen-bond donors (Lipinski definition) is 1. The maximum Gasteiger partial charge on any atom is 0.405 e. The van der Waals surface area contributed by atoms with Crippen LogP contribution in [0.5, 0.6) is 0 Å². The zero-order valence-electron chi connectivity index (χ0n) is 7.36. The average Bonchev–Trinajstić information content (AvgIpc) is 1.85. The zero-order valence-corrected chi connectivity index (χ0v) is 7.36. The summed E-state index contributed by atoms with van der Waals surface area (Å²) in [7, 11) is 1.44. The Bertz CT molecular complexity index is 124. The lowest BCUT2D eigenvalue weighted by atomic mass is 10.2. The number of nitrogens with zero attached hydrogens (tertiary/aromatic N) is 1. The average molecular weight is 184 g/mol. The molecule has 0 saturated carbocycles. The number of likely N-dealkylation sites (N-methyl/N-ethyl adjacent to an activating group) is 1. The van der Waals surface area contributed by atoms with E-state index in [1.165, 1.54) is 11.9 Å². The summed E-state index contributed by atoms with van der Waals surface area (Å²) in [6.07, 6.45) is -3.51. The molecule has 0 aliphatic heterocycles. The lowest BCUT2D eigenvalue weighted by Crippen LogP contribution is -2.48. The fourth-order valence-corrected chi connectivity index (χ4v) is 1.07. The maximum atomic E-state index is 12.2. The molecule has 0 aromatic rings. The summed E-state index contributed by atoms with van der Waals surface area (Å²) in [6.45, 7) is 1.88. The smallest absolute Gasteiger partial charge is 0.329 e. The topological polar surface area (TPSA) is 29.3 Å². The van der Waals surface area contributed by atoms with E-state index in [-0.39, 0.29) is 6.54 Å². The molecule has 0 rings (SSSR count). The van der Waals surface area contributed by atoms with Gasteiger partial charge in [-0.05, 0) is 20.0 Å². The van der Waals surface area contributed by atoms with Gasteiger partial charge in [0.05, 0.1) is 0 Å². The SMILES string of the molecule is CCCN(C)C(CN)C(F)(F)F. The van der Waals surface area contributed by atoms with E-state index in [0.29, 0.717) is 13.0 Å². The Balaban J connectivity index is 4.14. The van der Waals surface area contributed by atoms with Crippen LogP contribution in [0.2, 0.25) is 0 Å². The van der Waals surface area contributed by atoms with Crippen LogP contribution < -0.4 is 5.73 Å². The summed E-state index contributed by atoms with van der Waals surface area (Å²) in [5.41, 5.74) is 5.03. The standard InChI is InChI=1S/C7H15F3N2/c1-3-4-12(2)6(5-11)7(8,9)10/h6H,3-5,11H2,1-2H3. The van der Waals surface area contributed by atoms with E-state index in [4.69, 9.17) is 5.73 Å². The van der Waals surface area contributed by atoms with Crippen LogP contribution in [0.1, 0.15) is 13.3 Å². The molecule has 12 heavy (non-hydrogen) atoms. The minimum atomic E-state index is -4.21. The second-order valence-corrected chi connectivity index (χ2v) is 2.77. The molecule has 0 aliphatic rings. The van der Waals surface area contributed by atoms with Crippen molar-refractivity contribution >= 4 is 0 Å². The normalized spacial score (nSPS) is 15.2. The number of halogens is 3. The van der Waals surface area contributed by atoms with Crippen molar-refractivity contribution in [1.82, 2.24) is 4.90 Å². The van der Waals surface area contributed by atoms with Gasteiger partial charge in [0.2, 0.25) is 0 Å². The Morgan fingerprint density at radius 1 is 1.42 bits per heavy atom. The number of alkyl halides is 3. The lowest BCUT2D eigenvalue weighted by Gasteiger charge is -2.28. The molecule has 0 bridgehead atoms. The van der Waals surface area contributed by atoms with Crippen LogP contribution in [0.4, 0.5) is 13.2 Å². The molecule has 0 fully saturated rings. The molecule has 5 heteroatoms. The van der Waals surface area contributed by atoms with E-state index in [0.717, 1.165) is 0 Å². The summed E-state index contributed by atoms with van der Waals surface area (Å²) in [5, 5.41) is 0. The Hall–Kier alpha value is -0.290. The van der Waals surface area contributed by atoms with Gasteiger partial charge in [-0.1, -0.05) is 6.92 Å². The van der Waals surface area contributed by atoms with Gasteiger partial charge in [0.25, 0.3) is 0 Å². The first-order valence-electron chi connectivity index (χ1n) is 3.90. The molecular weight excluding hydrogens is 169 g/mol. The first kappa shape index (κ1) is 11.7. The molecule has 2 nitrogen and oxygen atoms in total. The minimum Gasteiger partial charge on any atom is -0.329 e. The largest absolute Gasteiger partial charge is 0.405 e. The second-order valence-electron chi connectivity index (χ2n) is 2.77. The molecule has 0 radical (unpaired) electrons. The molecule has 0 aromatic heterocycles.